The van der Waals surface area contributed by atoms with Crippen LogP contribution in [0.25, 0.3) is 0 Å². The van der Waals surface area contributed by atoms with Crippen LogP contribution in [0.3, 0.4) is 0 Å². The molecule has 0 saturated heterocycles. The molecule has 0 heterocycles. The zero-order chi connectivity index (χ0) is 11.8. The average molecular weight is 213 g/mol. The van der Waals surface area contributed by atoms with Gasteiger partial charge in [-0.2, -0.15) is 0 Å². The molecule has 0 unspecified atom stereocenters. The van der Waals surface area contributed by atoms with Crippen molar-refractivity contribution in [2.75, 3.05) is 13.1 Å². The minimum atomic E-state index is -0.991. The van der Waals surface area contributed by atoms with E-state index >= 15 is 0 Å². The number of carbonyl (C=O) groups excluding carboxylic acids is 1. The molecule has 0 atom stereocenters. The van der Waals surface area contributed by atoms with Crippen LogP contribution in [0.5, 0.6) is 0 Å². The summed E-state index contributed by atoms with van der Waals surface area (Å²) in [6.07, 6.45) is 2.72. The first-order valence-electron chi connectivity index (χ1n) is 5.07. The lowest BCUT2D eigenvalue weighted by atomic mass is 10.1. The van der Waals surface area contributed by atoms with Gasteiger partial charge in [0.15, 0.2) is 0 Å². The van der Waals surface area contributed by atoms with Crippen molar-refractivity contribution in [3.05, 3.63) is 12.7 Å². The van der Waals surface area contributed by atoms with E-state index in [4.69, 9.17) is 5.11 Å². The maximum absolute atomic E-state index is 11.6. The molecule has 15 heavy (non-hydrogen) atoms. The van der Waals surface area contributed by atoms with Crippen molar-refractivity contribution in [3.8, 4) is 0 Å². The van der Waals surface area contributed by atoms with Crippen LogP contribution < -0.4 is 0 Å². The third-order valence-electron chi connectivity index (χ3n) is 1.96. The first-order valence-corrected chi connectivity index (χ1v) is 5.07. The van der Waals surface area contributed by atoms with E-state index in [0.717, 1.165) is 6.42 Å². The molecule has 1 N–H and O–H groups in total. The lowest BCUT2D eigenvalue weighted by Crippen LogP contribution is -2.35. The number of aliphatic carboxylic acids is 1. The van der Waals surface area contributed by atoms with Gasteiger partial charge in [0, 0.05) is 13.0 Å². The first-order chi connectivity index (χ1) is 6.97. The molecule has 0 rings (SSSR count). The first kappa shape index (κ1) is 13.7. The Hall–Kier alpha value is -1.32. The third kappa shape index (κ3) is 6.71. The van der Waals surface area contributed by atoms with E-state index in [1.54, 1.807) is 0 Å². The van der Waals surface area contributed by atoms with Crippen molar-refractivity contribution in [3.63, 3.8) is 0 Å². The number of hydrogen-bond donors (Lipinski definition) is 1. The van der Waals surface area contributed by atoms with Crippen LogP contribution in [0.1, 0.15) is 26.7 Å². The van der Waals surface area contributed by atoms with E-state index in [-0.39, 0.29) is 12.5 Å². The Kier molecular flexibility index (Phi) is 6.42. The fraction of sp³-hybridized carbons (Fsp3) is 0.636. The predicted molar refractivity (Wildman–Crippen MR) is 58.5 cm³/mol. The van der Waals surface area contributed by atoms with Crippen molar-refractivity contribution in [2.24, 2.45) is 5.92 Å². The maximum Gasteiger partial charge on any atom is 0.323 e. The molecule has 0 aliphatic heterocycles. The van der Waals surface area contributed by atoms with E-state index in [2.05, 4.69) is 6.58 Å². The van der Waals surface area contributed by atoms with Crippen LogP contribution in [-0.4, -0.2) is 35.0 Å². The molecule has 0 fully saturated rings. The van der Waals surface area contributed by atoms with Gasteiger partial charge in [-0.15, -0.1) is 6.58 Å². The fourth-order valence-corrected chi connectivity index (χ4v) is 1.14. The number of carboxylic acid groups (broad SMARTS) is 1. The lowest BCUT2D eigenvalue weighted by Gasteiger charge is -2.19. The highest BCUT2D eigenvalue weighted by atomic mass is 16.4. The second kappa shape index (κ2) is 7.04. The summed E-state index contributed by atoms with van der Waals surface area (Å²) in [5.74, 6) is -0.662. The highest BCUT2D eigenvalue weighted by Gasteiger charge is 2.15. The molecule has 0 saturated carbocycles. The van der Waals surface area contributed by atoms with Crippen LogP contribution in [0, 0.1) is 5.92 Å². The van der Waals surface area contributed by atoms with E-state index in [0.29, 0.717) is 18.9 Å². The molecule has 0 bridgehead atoms. The number of carboxylic acids is 1. The Morgan fingerprint density at radius 3 is 2.47 bits per heavy atom. The van der Waals surface area contributed by atoms with Gasteiger partial charge in [-0.3, -0.25) is 9.59 Å². The van der Waals surface area contributed by atoms with Gasteiger partial charge in [0.2, 0.25) is 5.91 Å². The molecule has 0 aliphatic rings. The number of rotatable bonds is 7. The van der Waals surface area contributed by atoms with Crippen molar-refractivity contribution in [1.82, 2.24) is 4.90 Å². The molecule has 0 aliphatic carbocycles. The van der Waals surface area contributed by atoms with Crippen molar-refractivity contribution in [2.45, 2.75) is 26.7 Å². The quantitative estimate of drug-likeness (QED) is 0.652. The molecule has 0 aromatic rings. The number of nitrogens with zero attached hydrogens (tertiary/aromatic N) is 1. The Balaban J connectivity index is 4.15. The van der Waals surface area contributed by atoms with E-state index in [9.17, 15) is 9.59 Å². The minimum Gasteiger partial charge on any atom is -0.480 e. The zero-order valence-electron chi connectivity index (χ0n) is 9.40. The average Bonchev–Trinajstić information content (AvgIpc) is 2.12. The fourth-order valence-electron chi connectivity index (χ4n) is 1.14. The molecule has 0 aromatic heterocycles. The normalized spacial score (nSPS) is 10.1. The monoisotopic (exact) mass is 213 g/mol. The van der Waals surface area contributed by atoms with Crippen LogP contribution in [-0.2, 0) is 9.59 Å². The van der Waals surface area contributed by atoms with Gasteiger partial charge in [0.05, 0.1) is 0 Å². The summed E-state index contributed by atoms with van der Waals surface area (Å²) in [7, 11) is 0. The van der Waals surface area contributed by atoms with Crippen LogP contribution in [0.4, 0.5) is 0 Å². The molecule has 4 heteroatoms. The van der Waals surface area contributed by atoms with Crippen LogP contribution >= 0.6 is 0 Å². The topological polar surface area (TPSA) is 57.6 Å². The molecular weight excluding hydrogens is 194 g/mol. The van der Waals surface area contributed by atoms with Gasteiger partial charge in [-0.25, -0.2) is 0 Å². The van der Waals surface area contributed by atoms with Gasteiger partial charge in [0.1, 0.15) is 6.54 Å². The van der Waals surface area contributed by atoms with Gasteiger partial charge < -0.3 is 10.0 Å². The summed E-state index contributed by atoms with van der Waals surface area (Å²) in [6.45, 7) is 7.61. The summed E-state index contributed by atoms with van der Waals surface area (Å²) in [5.41, 5.74) is 0. The van der Waals surface area contributed by atoms with Crippen molar-refractivity contribution < 1.29 is 14.7 Å². The second-order valence-electron chi connectivity index (χ2n) is 3.89. The van der Waals surface area contributed by atoms with E-state index in [1.165, 1.54) is 11.0 Å². The van der Waals surface area contributed by atoms with Crippen molar-refractivity contribution in [1.29, 1.82) is 0 Å². The predicted octanol–water partition coefficient (Wildman–Crippen LogP) is 1.52. The molecule has 0 spiro atoms. The highest BCUT2D eigenvalue weighted by Crippen LogP contribution is 2.06. The summed E-state index contributed by atoms with van der Waals surface area (Å²) < 4.78 is 0. The van der Waals surface area contributed by atoms with Gasteiger partial charge >= 0.3 is 5.97 Å². The largest absolute Gasteiger partial charge is 0.480 e. The summed E-state index contributed by atoms with van der Waals surface area (Å²) >= 11 is 0. The molecule has 1 amide bonds. The number of carbonyl (C=O) groups is 2. The minimum absolute atomic E-state index is 0.119. The Morgan fingerprint density at radius 2 is 2.07 bits per heavy atom. The summed E-state index contributed by atoms with van der Waals surface area (Å²) in [5, 5.41) is 8.61. The summed E-state index contributed by atoms with van der Waals surface area (Å²) in [6, 6.07) is 0. The SMILES string of the molecule is C=CCN(CC(=O)O)C(=O)CCC(C)C. The molecule has 4 nitrogen and oxygen atoms in total. The summed E-state index contributed by atoms with van der Waals surface area (Å²) in [4.78, 5) is 23.4. The van der Waals surface area contributed by atoms with Crippen molar-refractivity contribution >= 4 is 11.9 Å². The van der Waals surface area contributed by atoms with Crippen LogP contribution in [0.15, 0.2) is 12.7 Å². The molecule has 0 aromatic carbocycles. The standard InChI is InChI=1S/C11H19NO3/c1-4-7-12(8-11(14)15)10(13)6-5-9(2)3/h4,9H,1,5-8H2,2-3H3,(H,14,15). The zero-order valence-corrected chi connectivity index (χ0v) is 9.40. The maximum atomic E-state index is 11.6. The Labute approximate surface area is 90.6 Å². The number of amides is 1. The van der Waals surface area contributed by atoms with Crippen LogP contribution in [0.2, 0.25) is 0 Å². The van der Waals surface area contributed by atoms with Gasteiger partial charge in [-0.1, -0.05) is 19.9 Å². The third-order valence-corrected chi connectivity index (χ3v) is 1.96. The van der Waals surface area contributed by atoms with E-state index in [1.807, 2.05) is 13.8 Å². The van der Waals surface area contributed by atoms with Gasteiger partial charge in [-0.05, 0) is 12.3 Å². The smallest absolute Gasteiger partial charge is 0.323 e. The molecular formula is C11H19NO3. The molecule has 86 valence electrons. The Bertz CT molecular complexity index is 236. The van der Waals surface area contributed by atoms with Gasteiger partial charge in [0.25, 0.3) is 0 Å². The molecule has 0 radical (unpaired) electrons. The van der Waals surface area contributed by atoms with E-state index < -0.39 is 5.97 Å². The highest BCUT2D eigenvalue weighted by molar-refractivity contribution is 5.81. The lowest BCUT2D eigenvalue weighted by molar-refractivity contribution is -0.144. The second-order valence-corrected chi connectivity index (χ2v) is 3.89. The Morgan fingerprint density at radius 1 is 1.47 bits per heavy atom. The number of hydrogen-bond acceptors (Lipinski definition) is 2.